The summed E-state index contributed by atoms with van der Waals surface area (Å²) in [5, 5.41) is 0. The van der Waals surface area contributed by atoms with Crippen molar-refractivity contribution in [1.82, 2.24) is 4.90 Å². The Hall–Kier alpha value is -1.18. The Morgan fingerprint density at radius 1 is 1.17 bits per heavy atom. The summed E-state index contributed by atoms with van der Waals surface area (Å²) in [6.07, 6.45) is 5.90. The van der Waals surface area contributed by atoms with Gasteiger partial charge in [0.25, 0.3) is 0 Å². The van der Waals surface area contributed by atoms with Crippen LogP contribution in [0.2, 0.25) is 0 Å². The fraction of sp³-hybridized carbons (Fsp3) is 0.588. The third-order valence-electron chi connectivity index (χ3n) is 3.82. The van der Waals surface area contributed by atoms with Crippen LogP contribution in [-0.4, -0.2) is 44.2 Å². The van der Waals surface area contributed by atoms with Crippen LogP contribution in [0.3, 0.4) is 0 Å². The SMILES string of the molecule is COc1cccc(OCCCN=C(N)N2CCCCCC2)c1.I. The smallest absolute Gasteiger partial charge is 0.191 e. The molecule has 0 amide bonds. The zero-order chi connectivity index (χ0) is 15.6. The highest BCUT2D eigenvalue weighted by Gasteiger charge is 2.10. The van der Waals surface area contributed by atoms with E-state index in [1.807, 2.05) is 24.3 Å². The largest absolute Gasteiger partial charge is 0.497 e. The summed E-state index contributed by atoms with van der Waals surface area (Å²) in [4.78, 5) is 6.67. The lowest BCUT2D eigenvalue weighted by atomic mass is 10.2. The van der Waals surface area contributed by atoms with Crippen molar-refractivity contribution in [2.24, 2.45) is 10.7 Å². The first-order valence-corrected chi connectivity index (χ1v) is 8.11. The van der Waals surface area contributed by atoms with Gasteiger partial charge < -0.3 is 20.1 Å². The average Bonchev–Trinajstić information content (AvgIpc) is 2.84. The van der Waals surface area contributed by atoms with Crippen molar-refractivity contribution in [2.75, 3.05) is 33.4 Å². The molecule has 1 aromatic rings. The van der Waals surface area contributed by atoms with Crippen LogP contribution in [0.1, 0.15) is 32.1 Å². The molecule has 23 heavy (non-hydrogen) atoms. The van der Waals surface area contributed by atoms with E-state index < -0.39 is 0 Å². The van der Waals surface area contributed by atoms with Crippen molar-refractivity contribution in [3.8, 4) is 11.5 Å². The first-order valence-electron chi connectivity index (χ1n) is 8.11. The van der Waals surface area contributed by atoms with Gasteiger partial charge in [-0.05, 0) is 25.0 Å². The molecule has 0 unspecified atom stereocenters. The maximum absolute atomic E-state index is 6.07. The third kappa shape index (κ3) is 7.28. The first-order chi connectivity index (χ1) is 10.8. The van der Waals surface area contributed by atoms with Gasteiger partial charge in [-0.1, -0.05) is 18.9 Å². The molecule has 130 valence electrons. The van der Waals surface area contributed by atoms with Crippen molar-refractivity contribution >= 4 is 29.9 Å². The van der Waals surface area contributed by atoms with E-state index in [1.165, 1.54) is 25.7 Å². The van der Waals surface area contributed by atoms with E-state index in [0.29, 0.717) is 19.1 Å². The number of aliphatic imine (C=N–C) groups is 1. The van der Waals surface area contributed by atoms with Gasteiger partial charge in [0.15, 0.2) is 5.96 Å². The average molecular weight is 433 g/mol. The lowest BCUT2D eigenvalue weighted by molar-refractivity contribution is 0.310. The monoisotopic (exact) mass is 433 g/mol. The first kappa shape index (κ1) is 19.9. The van der Waals surface area contributed by atoms with Crippen LogP contribution in [0.15, 0.2) is 29.3 Å². The molecule has 1 fully saturated rings. The number of hydrogen-bond donors (Lipinski definition) is 1. The molecule has 1 aliphatic rings. The minimum Gasteiger partial charge on any atom is -0.497 e. The number of hydrogen-bond acceptors (Lipinski definition) is 3. The number of likely N-dealkylation sites (tertiary alicyclic amines) is 1. The number of benzene rings is 1. The standard InChI is InChI=1S/C17H27N3O2.HI/c1-21-15-8-6-9-16(14-15)22-13-7-10-19-17(18)20-11-4-2-3-5-12-20;/h6,8-9,14H,2-5,7,10-13H2,1H3,(H2,18,19);1H. The molecule has 6 heteroatoms. The number of halogens is 1. The van der Waals surface area contributed by atoms with Crippen molar-refractivity contribution < 1.29 is 9.47 Å². The predicted octanol–water partition coefficient (Wildman–Crippen LogP) is 3.27. The summed E-state index contributed by atoms with van der Waals surface area (Å²) >= 11 is 0. The maximum atomic E-state index is 6.07. The second kappa shape index (κ2) is 11.4. The maximum Gasteiger partial charge on any atom is 0.191 e. The van der Waals surface area contributed by atoms with Gasteiger partial charge in [-0.15, -0.1) is 24.0 Å². The second-order valence-electron chi connectivity index (χ2n) is 5.52. The van der Waals surface area contributed by atoms with E-state index in [0.717, 1.165) is 31.0 Å². The predicted molar refractivity (Wildman–Crippen MR) is 105 cm³/mol. The zero-order valence-electron chi connectivity index (χ0n) is 13.9. The van der Waals surface area contributed by atoms with E-state index in [9.17, 15) is 0 Å². The molecule has 0 bridgehead atoms. The van der Waals surface area contributed by atoms with Crippen LogP contribution < -0.4 is 15.2 Å². The highest BCUT2D eigenvalue weighted by Crippen LogP contribution is 2.18. The molecular weight excluding hydrogens is 405 g/mol. The fourth-order valence-electron chi connectivity index (χ4n) is 2.54. The van der Waals surface area contributed by atoms with Crippen molar-refractivity contribution in [2.45, 2.75) is 32.1 Å². The van der Waals surface area contributed by atoms with Crippen LogP contribution in [0.5, 0.6) is 11.5 Å². The molecule has 2 N–H and O–H groups in total. The van der Waals surface area contributed by atoms with Crippen molar-refractivity contribution in [1.29, 1.82) is 0 Å². The number of nitrogens with zero attached hydrogens (tertiary/aromatic N) is 2. The highest BCUT2D eigenvalue weighted by molar-refractivity contribution is 14.0. The molecule has 0 aliphatic carbocycles. The molecule has 2 rings (SSSR count). The normalized spacial score (nSPS) is 15.5. The molecule has 0 radical (unpaired) electrons. The Morgan fingerprint density at radius 2 is 1.87 bits per heavy atom. The van der Waals surface area contributed by atoms with E-state index in [1.54, 1.807) is 7.11 Å². The lowest BCUT2D eigenvalue weighted by Crippen LogP contribution is -2.38. The molecule has 0 atom stereocenters. The van der Waals surface area contributed by atoms with Crippen molar-refractivity contribution in [3.05, 3.63) is 24.3 Å². The quantitative estimate of drug-likeness (QED) is 0.324. The van der Waals surface area contributed by atoms with Crippen LogP contribution in [0.25, 0.3) is 0 Å². The van der Waals surface area contributed by atoms with Gasteiger partial charge in [0, 0.05) is 32.1 Å². The minimum absolute atomic E-state index is 0. The number of methoxy groups -OCH3 is 1. The molecule has 1 heterocycles. The third-order valence-corrected chi connectivity index (χ3v) is 3.82. The van der Waals surface area contributed by atoms with Gasteiger partial charge in [0.1, 0.15) is 11.5 Å². The van der Waals surface area contributed by atoms with Gasteiger partial charge >= 0.3 is 0 Å². The van der Waals surface area contributed by atoms with E-state index in [2.05, 4.69) is 9.89 Å². The van der Waals surface area contributed by atoms with Crippen molar-refractivity contribution in [3.63, 3.8) is 0 Å². The van der Waals surface area contributed by atoms with Gasteiger partial charge in [-0.2, -0.15) is 0 Å². The summed E-state index contributed by atoms with van der Waals surface area (Å²) in [5.41, 5.74) is 6.07. The van der Waals surface area contributed by atoms with Crippen LogP contribution in [0.4, 0.5) is 0 Å². The summed E-state index contributed by atoms with van der Waals surface area (Å²) in [7, 11) is 1.65. The molecule has 1 saturated heterocycles. The van der Waals surface area contributed by atoms with Crippen LogP contribution in [0, 0.1) is 0 Å². The zero-order valence-corrected chi connectivity index (χ0v) is 16.2. The lowest BCUT2D eigenvalue weighted by Gasteiger charge is -2.21. The minimum atomic E-state index is 0. The summed E-state index contributed by atoms with van der Waals surface area (Å²) < 4.78 is 10.9. The second-order valence-corrected chi connectivity index (χ2v) is 5.52. The fourth-order valence-corrected chi connectivity index (χ4v) is 2.54. The molecule has 1 aliphatic heterocycles. The molecule has 1 aromatic carbocycles. The van der Waals surface area contributed by atoms with Gasteiger partial charge in [0.05, 0.1) is 13.7 Å². The molecule has 5 nitrogen and oxygen atoms in total. The Bertz CT molecular complexity index is 475. The van der Waals surface area contributed by atoms with Gasteiger partial charge in [-0.25, -0.2) is 0 Å². The summed E-state index contributed by atoms with van der Waals surface area (Å²) in [6.45, 7) is 3.40. The summed E-state index contributed by atoms with van der Waals surface area (Å²) in [5.74, 6) is 2.31. The van der Waals surface area contributed by atoms with Gasteiger partial charge in [-0.3, -0.25) is 4.99 Å². The molecule has 0 saturated carbocycles. The van der Waals surface area contributed by atoms with Gasteiger partial charge in [0.2, 0.25) is 0 Å². The van der Waals surface area contributed by atoms with E-state index in [4.69, 9.17) is 15.2 Å². The Morgan fingerprint density at radius 3 is 2.57 bits per heavy atom. The highest BCUT2D eigenvalue weighted by atomic mass is 127. The van der Waals surface area contributed by atoms with Crippen LogP contribution >= 0.6 is 24.0 Å². The Kier molecular flexibility index (Phi) is 9.82. The Labute approximate surface area is 156 Å². The molecule has 0 aromatic heterocycles. The molecular formula is C17H28IN3O2. The molecule has 0 spiro atoms. The number of rotatable bonds is 6. The van der Waals surface area contributed by atoms with E-state index in [-0.39, 0.29) is 24.0 Å². The summed E-state index contributed by atoms with van der Waals surface area (Å²) in [6, 6.07) is 7.63. The topological polar surface area (TPSA) is 60.1 Å². The number of ether oxygens (including phenoxy) is 2. The number of nitrogens with two attached hydrogens (primary N) is 1. The number of guanidine groups is 1. The Balaban J connectivity index is 0.00000264. The van der Waals surface area contributed by atoms with E-state index >= 15 is 0 Å². The van der Waals surface area contributed by atoms with Crippen LogP contribution in [-0.2, 0) is 0 Å².